The topological polar surface area (TPSA) is 72.2 Å². The average molecular weight is 361 g/mol. The summed E-state index contributed by atoms with van der Waals surface area (Å²) in [4.78, 5) is 25.5. The summed E-state index contributed by atoms with van der Waals surface area (Å²) in [7, 11) is 0. The number of anilines is 1. The number of hydrogen-bond donors (Lipinski definition) is 2. The van der Waals surface area contributed by atoms with Gasteiger partial charge in [0.25, 0.3) is 5.91 Å². The van der Waals surface area contributed by atoms with Gasteiger partial charge in [0.2, 0.25) is 5.91 Å². The van der Waals surface area contributed by atoms with E-state index in [-0.39, 0.29) is 5.91 Å². The lowest BCUT2D eigenvalue weighted by molar-refractivity contribution is -0.120. The Kier molecular flexibility index (Phi) is 3.94. The molecule has 1 aromatic rings. The van der Waals surface area contributed by atoms with Crippen LogP contribution in [0.25, 0.3) is 0 Å². The number of aryl methyl sites for hydroxylation is 1. The van der Waals surface area contributed by atoms with E-state index in [0.717, 1.165) is 42.5 Å². The van der Waals surface area contributed by atoms with Crippen LogP contribution in [0.1, 0.15) is 53.4 Å². The van der Waals surface area contributed by atoms with Crippen molar-refractivity contribution in [3.8, 4) is 0 Å². The second kappa shape index (κ2) is 5.39. The number of nitrogens with one attached hydrogen (secondary N) is 1. The third-order valence-corrected chi connectivity index (χ3v) is 6.96. The molecule has 1 aromatic heterocycles. The van der Waals surface area contributed by atoms with Crippen molar-refractivity contribution >= 4 is 51.4 Å². The number of rotatable bonds is 3. The van der Waals surface area contributed by atoms with Gasteiger partial charge < -0.3 is 11.1 Å². The van der Waals surface area contributed by atoms with Crippen molar-refractivity contribution in [1.82, 2.24) is 0 Å². The Labute approximate surface area is 143 Å². The van der Waals surface area contributed by atoms with Crippen molar-refractivity contribution in [3.63, 3.8) is 0 Å². The lowest BCUT2D eigenvalue weighted by atomic mass is 10.0. The Morgan fingerprint density at radius 3 is 2.45 bits per heavy atom. The van der Waals surface area contributed by atoms with Crippen LogP contribution in [-0.4, -0.2) is 16.1 Å². The Morgan fingerprint density at radius 2 is 1.86 bits per heavy atom. The van der Waals surface area contributed by atoms with E-state index < -0.39 is 15.7 Å². The van der Waals surface area contributed by atoms with Crippen LogP contribution in [0.4, 0.5) is 5.00 Å². The van der Waals surface area contributed by atoms with Crippen LogP contribution in [0.3, 0.4) is 0 Å². The summed E-state index contributed by atoms with van der Waals surface area (Å²) in [6, 6.07) is 0. The molecule has 1 saturated carbocycles. The average Bonchev–Trinajstić information content (AvgIpc) is 2.88. The molecule has 0 spiro atoms. The van der Waals surface area contributed by atoms with Gasteiger partial charge in [0.1, 0.15) is 9.33 Å². The fourth-order valence-corrected chi connectivity index (χ4v) is 4.97. The minimum Gasteiger partial charge on any atom is -0.365 e. The zero-order valence-corrected chi connectivity index (χ0v) is 14.6. The van der Waals surface area contributed by atoms with Crippen LogP contribution >= 0.6 is 34.5 Å². The van der Waals surface area contributed by atoms with Gasteiger partial charge in [-0.3, -0.25) is 9.59 Å². The van der Waals surface area contributed by atoms with Crippen molar-refractivity contribution < 1.29 is 9.59 Å². The number of thiophene rings is 1. The number of nitrogens with two attached hydrogens (primary N) is 1. The molecule has 3 N–H and O–H groups in total. The van der Waals surface area contributed by atoms with Gasteiger partial charge in [0, 0.05) is 4.88 Å². The van der Waals surface area contributed by atoms with Gasteiger partial charge in [-0.2, -0.15) is 0 Å². The predicted octanol–water partition coefficient (Wildman–Crippen LogP) is 3.64. The summed E-state index contributed by atoms with van der Waals surface area (Å²) >= 11 is 13.6. The Balaban J connectivity index is 1.91. The summed E-state index contributed by atoms with van der Waals surface area (Å²) in [5, 5.41) is 3.38. The highest BCUT2D eigenvalue weighted by molar-refractivity contribution is 7.17. The molecule has 1 unspecified atom stereocenters. The fraction of sp³-hybridized carbons (Fsp3) is 0.600. The molecule has 120 valence electrons. The predicted molar refractivity (Wildman–Crippen MR) is 89.9 cm³/mol. The van der Waals surface area contributed by atoms with Gasteiger partial charge in [-0.15, -0.1) is 34.5 Å². The molecule has 1 fully saturated rings. The third-order valence-electron chi connectivity index (χ3n) is 4.65. The van der Waals surface area contributed by atoms with Gasteiger partial charge >= 0.3 is 0 Å². The summed E-state index contributed by atoms with van der Waals surface area (Å²) in [6.07, 6.45) is 5.48. The van der Waals surface area contributed by atoms with Gasteiger partial charge in [-0.25, -0.2) is 0 Å². The van der Waals surface area contributed by atoms with Gasteiger partial charge in [0.15, 0.2) is 0 Å². The number of carbonyl (C=O) groups excluding carboxylic acids is 2. The molecule has 2 amide bonds. The number of halogens is 2. The minimum atomic E-state index is -1.03. The van der Waals surface area contributed by atoms with E-state index in [1.165, 1.54) is 11.3 Å². The van der Waals surface area contributed by atoms with E-state index in [1.807, 2.05) is 0 Å². The van der Waals surface area contributed by atoms with Crippen LogP contribution in [0.15, 0.2) is 0 Å². The van der Waals surface area contributed by atoms with E-state index in [1.54, 1.807) is 6.92 Å². The van der Waals surface area contributed by atoms with E-state index in [4.69, 9.17) is 28.9 Å². The standard InChI is InChI=1S/C15H18Cl2N2O2S/c1-14(7-15(14,16)17)13(21)19-12-10(11(18)20)8-5-3-2-4-6-9(8)22-12/h2-7H2,1H3,(H2,18,20)(H,19,21). The van der Waals surface area contributed by atoms with Crippen molar-refractivity contribution in [1.29, 1.82) is 0 Å². The normalized spacial score (nSPS) is 26.0. The lowest BCUT2D eigenvalue weighted by Crippen LogP contribution is -2.27. The van der Waals surface area contributed by atoms with Crippen molar-refractivity contribution in [2.45, 2.75) is 49.8 Å². The van der Waals surface area contributed by atoms with E-state index in [2.05, 4.69) is 5.32 Å². The second-order valence-corrected chi connectivity index (χ2v) is 8.89. The number of amides is 2. The lowest BCUT2D eigenvalue weighted by Gasteiger charge is -2.12. The summed E-state index contributed by atoms with van der Waals surface area (Å²) in [6.45, 7) is 1.73. The monoisotopic (exact) mass is 360 g/mol. The van der Waals surface area contributed by atoms with Gasteiger partial charge in [-0.05, 0) is 44.6 Å². The molecule has 2 aliphatic carbocycles. The Bertz CT molecular complexity index is 656. The minimum absolute atomic E-state index is 0.253. The van der Waals surface area contributed by atoms with E-state index >= 15 is 0 Å². The summed E-state index contributed by atoms with van der Waals surface area (Å²) < 4.78 is -1.03. The number of fused-ring (bicyclic) bond motifs is 1. The van der Waals surface area contributed by atoms with Crippen LogP contribution in [0.5, 0.6) is 0 Å². The molecule has 1 heterocycles. The Morgan fingerprint density at radius 1 is 1.23 bits per heavy atom. The summed E-state index contributed by atoms with van der Waals surface area (Å²) in [5.41, 5.74) is 6.21. The molecule has 2 aliphatic rings. The number of hydrogen-bond acceptors (Lipinski definition) is 3. The van der Waals surface area contributed by atoms with Crippen LogP contribution < -0.4 is 11.1 Å². The highest BCUT2D eigenvalue weighted by Crippen LogP contribution is 2.64. The zero-order chi connectivity index (χ0) is 16.1. The smallest absolute Gasteiger partial charge is 0.251 e. The maximum Gasteiger partial charge on any atom is 0.251 e. The molecule has 0 radical (unpaired) electrons. The quantitative estimate of drug-likeness (QED) is 0.637. The molecule has 7 heteroatoms. The Hall–Kier alpha value is -0.780. The van der Waals surface area contributed by atoms with Crippen molar-refractivity contribution in [2.24, 2.45) is 11.1 Å². The molecular weight excluding hydrogens is 343 g/mol. The number of alkyl halides is 2. The molecule has 0 saturated heterocycles. The third kappa shape index (κ3) is 2.53. The van der Waals surface area contributed by atoms with E-state index in [0.29, 0.717) is 17.0 Å². The van der Waals surface area contributed by atoms with Crippen LogP contribution in [-0.2, 0) is 17.6 Å². The first-order chi connectivity index (χ1) is 10.3. The van der Waals surface area contributed by atoms with Gasteiger partial charge in [-0.1, -0.05) is 6.42 Å². The first-order valence-corrected chi connectivity index (χ1v) is 8.97. The highest BCUT2D eigenvalue weighted by atomic mass is 35.5. The number of primary amides is 1. The molecule has 0 aliphatic heterocycles. The molecule has 3 rings (SSSR count). The van der Waals surface area contributed by atoms with Crippen LogP contribution in [0, 0.1) is 5.41 Å². The molecule has 4 nitrogen and oxygen atoms in total. The fourth-order valence-electron chi connectivity index (χ4n) is 2.98. The largest absolute Gasteiger partial charge is 0.365 e. The van der Waals surface area contributed by atoms with Crippen molar-refractivity contribution in [3.05, 3.63) is 16.0 Å². The highest BCUT2D eigenvalue weighted by Gasteiger charge is 2.68. The van der Waals surface area contributed by atoms with Gasteiger partial charge in [0.05, 0.1) is 11.0 Å². The first kappa shape index (κ1) is 16.1. The van der Waals surface area contributed by atoms with E-state index in [9.17, 15) is 9.59 Å². The molecule has 1 atom stereocenters. The SMILES string of the molecule is CC1(C(=O)Nc2sc3c(c2C(N)=O)CCCCC3)CC1(Cl)Cl. The second-order valence-electron chi connectivity index (χ2n) is 6.30. The first-order valence-electron chi connectivity index (χ1n) is 7.40. The van der Waals surface area contributed by atoms with Crippen molar-refractivity contribution in [2.75, 3.05) is 5.32 Å². The maximum atomic E-state index is 12.4. The maximum absolute atomic E-state index is 12.4. The number of carbonyl (C=O) groups is 2. The van der Waals surface area contributed by atoms with Crippen LogP contribution in [0.2, 0.25) is 0 Å². The molecule has 0 bridgehead atoms. The molecular formula is C15H18Cl2N2O2S. The zero-order valence-electron chi connectivity index (χ0n) is 12.3. The molecule has 22 heavy (non-hydrogen) atoms. The molecule has 0 aromatic carbocycles. The summed E-state index contributed by atoms with van der Waals surface area (Å²) in [5.74, 6) is -0.741.